The van der Waals surface area contributed by atoms with Gasteiger partial charge in [0.25, 0.3) is 0 Å². The van der Waals surface area contributed by atoms with Crippen LogP contribution in [0.5, 0.6) is 0 Å². The van der Waals surface area contributed by atoms with Crippen molar-refractivity contribution in [2.45, 2.75) is 19.8 Å². The van der Waals surface area contributed by atoms with Crippen molar-refractivity contribution in [1.29, 1.82) is 0 Å². The number of carbonyl (C=O) groups excluding carboxylic acids is 1. The summed E-state index contributed by atoms with van der Waals surface area (Å²) in [5.74, 6) is 1.24. The quantitative estimate of drug-likeness (QED) is 0.641. The Balaban J connectivity index is 1.75. The molecule has 6 nitrogen and oxygen atoms in total. The van der Waals surface area contributed by atoms with Crippen LogP contribution in [-0.2, 0) is 11.8 Å². The Morgan fingerprint density at radius 1 is 1.53 bits per heavy atom. The van der Waals surface area contributed by atoms with Gasteiger partial charge in [0.15, 0.2) is 0 Å². The third kappa shape index (κ3) is 2.69. The van der Waals surface area contributed by atoms with Gasteiger partial charge < -0.3 is 16.4 Å². The SMILES string of the molecule is Cc1nn(C)c(NCCNC(=O)C2CC2)c1N. The Kier molecular flexibility index (Phi) is 3.21. The largest absolute Gasteiger partial charge is 0.394 e. The maximum Gasteiger partial charge on any atom is 0.223 e. The van der Waals surface area contributed by atoms with E-state index in [1.165, 1.54) is 0 Å². The fourth-order valence-electron chi connectivity index (χ4n) is 1.74. The van der Waals surface area contributed by atoms with Crippen LogP contribution in [0.15, 0.2) is 0 Å². The van der Waals surface area contributed by atoms with Crippen LogP contribution in [-0.4, -0.2) is 28.8 Å². The van der Waals surface area contributed by atoms with Crippen molar-refractivity contribution >= 4 is 17.4 Å². The first-order valence-corrected chi connectivity index (χ1v) is 5.90. The maximum atomic E-state index is 11.4. The normalized spacial score (nSPS) is 14.7. The summed E-state index contributed by atoms with van der Waals surface area (Å²) in [6, 6.07) is 0. The second-order valence-electron chi connectivity index (χ2n) is 4.46. The molecule has 1 saturated carbocycles. The Morgan fingerprint density at radius 3 is 2.76 bits per heavy atom. The van der Waals surface area contributed by atoms with Crippen LogP contribution in [0.3, 0.4) is 0 Å². The van der Waals surface area contributed by atoms with E-state index in [1.807, 2.05) is 14.0 Å². The third-order valence-corrected chi connectivity index (χ3v) is 2.93. The Morgan fingerprint density at radius 2 is 2.24 bits per heavy atom. The molecule has 1 amide bonds. The van der Waals surface area contributed by atoms with E-state index in [0.29, 0.717) is 18.8 Å². The van der Waals surface area contributed by atoms with E-state index in [9.17, 15) is 4.79 Å². The molecule has 4 N–H and O–H groups in total. The number of nitrogens with one attached hydrogen (secondary N) is 2. The van der Waals surface area contributed by atoms with Crippen molar-refractivity contribution in [3.8, 4) is 0 Å². The zero-order valence-corrected chi connectivity index (χ0v) is 10.3. The van der Waals surface area contributed by atoms with Gasteiger partial charge in [0.1, 0.15) is 5.82 Å². The summed E-state index contributed by atoms with van der Waals surface area (Å²) in [4.78, 5) is 11.4. The van der Waals surface area contributed by atoms with E-state index >= 15 is 0 Å². The minimum absolute atomic E-state index is 0.168. The van der Waals surface area contributed by atoms with E-state index in [4.69, 9.17) is 5.73 Å². The fraction of sp³-hybridized carbons (Fsp3) is 0.636. The molecule has 1 aliphatic rings. The van der Waals surface area contributed by atoms with Crippen LogP contribution in [0.1, 0.15) is 18.5 Å². The van der Waals surface area contributed by atoms with Gasteiger partial charge in [-0.05, 0) is 19.8 Å². The molecule has 1 aromatic heterocycles. The standard InChI is InChI=1S/C11H19N5O/c1-7-9(12)10(16(2)15-7)13-5-6-14-11(17)8-3-4-8/h8,13H,3-6,12H2,1-2H3,(H,14,17). The monoisotopic (exact) mass is 237 g/mol. The number of carbonyl (C=O) groups is 1. The molecule has 0 aromatic carbocycles. The Labute approximate surface area is 101 Å². The summed E-state index contributed by atoms with van der Waals surface area (Å²) >= 11 is 0. The molecule has 94 valence electrons. The summed E-state index contributed by atoms with van der Waals surface area (Å²) in [5, 5.41) is 10.3. The van der Waals surface area contributed by atoms with E-state index < -0.39 is 0 Å². The van der Waals surface area contributed by atoms with Gasteiger partial charge in [-0.15, -0.1) is 0 Å². The topological polar surface area (TPSA) is 85.0 Å². The van der Waals surface area contributed by atoms with Gasteiger partial charge in [0.05, 0.1) is 11.4 Å². The van der Waals surface area contributed by atoms with Gasteiger partial charge in [-0.2, -0.15) is 5.10 Å². The van der Waals surface area contributed by atoms with Crippen LogP contribution >= 0.6 is 0 Å². The average molecular weight is 237 g/mol. The molecule has 2 rings (SSSR count). The van der Waals surface area contributed by atoms with Crippen LogP contribution in [0.2, 0.25) is 0 Å². The highest BCUT2D eigenvalue weighted by molar-refractivity contribution is 5.80. The predicted octanol–water partition coefficient (Wildman–Crippen LogP) is 0.249. The number of aromatic nitrogens is 2. The molecule has 1 aromatic rings. The van der Waals surface area contributed by atoms with Crippen molar-refractivity contribution in [3.63, 3.8) is 0 Å². The van der Waals surface area contributed by atoms with Crippen molar-refractivity contribution in [2.75, 3.05) is 24.1 Å². The van der Waals surface area contributed by atoms with Crippen molar-refractivity contribution < 1.29 is 4.79 Å². The smallest absolute Gasteiger partial charge is 0.223 e. The Bertz CT molecular complexity index is 422. The van der Waals surface area contributed by atoms with E-state index in [1.54, 1.807) is 4.68 Å². The lowest BCUT2D eigenvalue weighted by Crippen LogP contribution is -2.30. The van der Waals surface area contributed by atoms with Crippen LogP contribution in [0, 0.1) is 12.8 Å². The zero-order valence-electron chi connectivity index (χ0n) is 10.3. The highest BCUT2D eigenvalue weighted by Crippen LogP contribution is 2.28. The Hall–Kier alpha value is -1.72. The number of rotatable bonds is 5. The van der Waals surface area contributed by atoms with E-state index in [2.05, 4.69) is 15.7 Å². The minimum Gasteiger partial charge on any atom is -0.394 e. The average Bonchev–Trinajstić information content (AvgIpc) is 3.08. The third-order valence-electron chi connectivity index (χ3n) is 2.93. The van der Waals surface area contributed by atoms with Crippen molar-refractivity contribution in [3.05, 3.63) is 5.69 Å². The number of aryl methyl sites for hydroxylation is 2. The molecule has 1 aliphatic carbocycles. The highest BCUT2D eigenvalue weighted by Gasteiger charge is 2.28. The minimum atomic E-state index is 0.168. The highest BCUT2D eigenvalue weighted by atomic mass is 16.2. The number of nitrogens with two attached hydrogens (primary N) is 1. The lowest BCUT2D eigenvalue weighted by atomic mass is 10.4. The second kappa shape index (κ2) is 4.65. The van der Waals surface area contributed by atoms with Crippen molar-refractivity contribution in [1.82, 2.24) is 15.1 Å². The van der Waals surface area contributed by atoms with Gasteiger partial charge in [0, 0.05) is 26.1 Å². The van der Waals surface area contributed by atoms with E-state index in [0.717, 1.165) is 24.4 Å². The van der Waals surface area contributed by atoms with E-state index in [-0.39, 0.29) is 11.8 Å². The molecule has 0 saturated heterocycles. The molecular weight excluding hydrogens is 218 g/mol. The molecule has 0 aliphatic heterocycles. The predicted molar refractivity (Wildman–Crippen MR) is 66.6 cm³/mol. The lowest BCUT2D eigenvalue weighted by molar-refractivity contribution is -0.122. The van der Waals surface area contributed by atoms with Gasteiger partial charge in [-0.25, -0.2) is 0 Å². The lowest BCUT2D eigenvalue weighted by Gasteiger charge is -2.08. The number of hydrogen-bond acceptors (Lipinski definition) is 4. The summed E-state index contributed by atoms with van der Waals surface area (Å²) in [6.45, 7) is 3.13. The van der Waals surface area contributed by atoms with Crippen LogP contribution < -0.4 is 16.4 Å². The molecule has 0 atom stereocenters. The molecule has 17 heavy (non-hydrogen) atoms. The van der Waals surface area contributed by atoms with Crippen LogP contribution in [0.4, 0.5) is 11.5 Å². The molecule has 0 bridgehead atoms. The van der Waals surface area contributed by atoms with Crippen LogP contribution in [0.25, 0.3) is 0 Å². The number of hydrogen-bond donors (Lipinski definition) is 3. The zero-order chi connectivity index (χ0) is 12.4. The fourth-order valence-corrected chi connectivity index (χ4v) is 1.74. The summed E-state index contributed by atoms with van der Waals surface area (Å²) < 4.78 is 1.72. The number of anilines is 2. The maximum absolute atomic E-state index is 11.4. The number of nitrogen functional groups attached to an aromatic ring is 1. The molecule has 0 unspecified atom stereocenters. The molecule has 6 heteroatoms. The first-order valence-electron chi connectivity index (χ1n) is 5.90. The van der Waals surface area contributed by atoms with Gasteiger partial charge in [0.2, 0.25) is 5.91 Å². The summed E-state index contributed by atoms with van der Waals surface area (Å²) in [6.07, 6.45) is 2.07. The second-order valence-corrected chi connectivity index (χ2v) is 4.46. The molecule has 1 fully saturated rings. The first kappa shape index (κ1) is 11.8. The van der Waals surface area contributed by atoms with Crippen molar-refractivity contribution in [2.24, 2.45) is 13.0 Å². The summed E-state index contributed by atoms with van der Waals surface area (Å²) in [7, 11) is 1.84. The molecule has 1 heterocycles. The first-order chi connectivity index (χ1) is 8.09. The summed E-state index contributed by atoms with van der Waals surface area (Å²) in [5.41, 5.74) is 7.35. The van der Waals surface area contributed by atoms with Gasteiger partial charge in [-0.1, -0.05) is 0 Å². The number of nitrogens with zero attached hydrogens (tertiary/aromatic N) is 2. The van der Waals surface area contributed by atoms with Gasteiger partial charge in [-0.3, -0.25) is 9.48 Å². The molecule has 0 spiro atoms. The van der Waals surface area contributed by atoms with Gasteiger partial charge >= 0.3 is 0 Å². The molecular formula is C11H19N5O. The molecule has 0 radical (unpaired) electrons. The number of amides is 1.